The van der Waals surface area contributed by atoms with Gasteiger partial charge in [-0.15, -0.1) is 0 Å². The van der Waals surface area contributed by atoms with E-state index in [1.54, 1.807) is 0 Å². The molecule has 0 atom stereocenters. The van der Waals surface area contributed by atoms with Gasteiger partial charge in [-0.25, -0.2) is 9.97 Å². The third-order valence-electron chi connectivity index (χ3n) is 3.47. The van der Waals surface area contributed by atoms with Crippen LogP contribution in [0.3, 0.4) is 0 Å². The molecule has 18 heavy (non-hydrogen) atoms. The molecule has 2 rings (SSSR count). The van der Waals surface area contributed by atoms with Crippen LogP contribution in [0.1, 0.15) is 37.1 Å². The molecule has 1 aliphatic carbocycles. The number of nitrogen functional groups attached to an aromatic ring is 1. The molecular weight excluding hydrogens is 226 g/mol. The summed E-state index contributed by atoms with van der Waals surface area (Å²) in [5.41, 5.74) is 6.90. The Morgan fingerprint density at radius 1 is 1.39 bits per heavy atom. The standard InChI is InChI=1S/C13H23N5/c1-4-18(3)8-7-15-12-9(2)11(14)16-13(17-12)10-5-6-10/h10H,4-8H2,1-3H3,(H3,14,15,16,17). The Bertz CT molecular complexity index is 414. The molecule has 1 aromatic heterocycles. The molecule has 1 saturated carbocycles. The number of anilines is 2. The van der Waals surface area contributed by atoms with Crippen molar-refractivity contribution in [2.45, 2.75) is 32.6 Å². The van der Waals surface area contributed by atoms with Crippen LogP contribution < -0.4 is 11.1 Å². The number of hydrogen-bond donors (Lipinski definition) is 2. The van der Waals surface area contributed by atoms with Gasteiger partial charge in [0.1, 0.15) is 17.5 Å². The minimum absolute atomic E-state index is 0.534. The molecule has 0 amide bonds. The van der Waals surface area contributed by atoms with Crippen molar-refractivity contribution in [3.8, 4) is 0 Å². The smallest absolute Gasteiger partial charge is 0.136 e. The average molecular weight is 249 g/mol. The fourth-order valence-electron chi connectivity index (χ4n) is 1.77. The second kappa shape index (κ2) is 5.52. The van der Waals surface area contributed by atoms with E-state index in [2.05, 4.69) is 34.2 Å². The van der Waals surface area contributed by atoms with Gasteiger partial charge in [0, 0.05) is 24.6 Å². The van der Waals surface area contributed by atoms with E-state index in [1.807, 2.05) is 6.92 Å². The Labute approximate surface area is 109 Å². The molecule has 0 aliphatic heterocycles. The largest absolute Gasteiger partial charge is 0.383 e. The zero-order valence-electron chi connectivity index (χ0n) is 11.5. The first-order chi connectivity index (χ1) is 8.61. The van der Waals surface area contributed by atoms with Crippen LogP contribution in [0.2, 0.25) is 0 Å². The van der Waals surface area contributed by atoms with E-state index in [1.165, 1.54) is 12.8 Å². The summed E-state index contributed by atoms with van der Waals surface area (Å²) in [5.74, 6) is 2.95. The topological polar surface area (TPSA) is 67.1 Å². The quantitative estimate of drug-likeness (QED) is 0.801. The summed E-state index contributed by atoms with van der Waals surface area (Å²) in [7, 11) is 2.11. The van der Waals surface area contributed by atoms with Crippen molar-refractivity contribution in [2.24, 2.45) is 0 Å². The van der Waals surface area contributed by atoms with E-state index in [-0.39, 0.29) is 0 Å². The van der Waals surface area contributed by atoms with Crippen molar-refractivity contribution < 1.29 is 0 Å². The second-order valence-electron chi connectivity index (χ2n) is 5.04. The van der Waals surface area contributed by atoms with Crippen LogP contribution in [0.15, 0.2) is 0 Å². The van der Waals surface area contributed by atoms with Crippen LogP contribution in [0, 0.1) is 6.92 Å². The van der Waals surface area contributed by atoms with Crippen molar-refractivity contribution in [3.63, 3.8) is 0 Å². The predicted molar refractivity (Wildman–Crippen MR) is 74.8 cm³/mol. The van der Waals surface area contributed by atoms with E-state index in [4.69, 9.17) is 5.73 Å². The van der Waals surface area contributed by atoms with Gasteiger partial charge in [-0.1, -0.05) is 6.92 Å². The average Bonchev–Trinajstić information content (AvgIpc) is 3.18. The maximum atomic E-state index is 5.94. The summed E-state index contributed by atoms with van der Waals surface area (Å²) in [6, 6.07) is 0. The Balaban J connectivity index is 2.02. The van der Waals surface area contributed by atoms with Gasteiger partial charge in [0.15, 0.2) is 0 Å². The monoisotopic (exact) mass is 249 g/mol. The highest BCUT2D eigenvalue weighted by Gasteiger charge is 2.27. The fraction of sp³-hybridized carbons (Fsp3) is 0.692. The van der Waals surface area contributed by atoms with E-state index in [0.717, 1.165) is 36.8 Å². The molecule has 0 saturated heterocycles. The molecule has 100 valence electrons. The van der Waals surface area contributed by atoms with Gasteiger partial charge in [-0.3, -0.25) is 0 Å². The Morgan fingerprint density at radius 2 is 2.11 bits per heavy atom. The van der Waals surface area contributed by atoms with E-state index < -0.39 is 0 Å². The van der Waals surface area contributed by atoms with Gasteiger partial charge < -0.3 is 16.0 Å². The van der Waals surface area contributed by atoms with Crippen LogP contribution in [0.4, 0.5) is 11.6 Å². The van der Waals surface area contributed by atoms with Crippen LogP contribution in [-0.4, -0.2) is 41.5 Å². The van der Waals surface area contributed by atoms with Gasteiger partial charge in [0.25, 0.3) is 0 Å². The summed E-state index contributed by atoms with van der Waals surface area (Å²) < 4.78 is 0. The van der Waals surface area contributed by atoms with Gasteiger partial charge in [-0.05, 0) is 33.4 Å². The van der Waals surface area contributed by atoms with E-state index in [9.17, 15) is 0 Å². The summed E-state index contributed by atoms with van der Waals surface area (Å²) in [6.07, 6.45) is 2.39. The van der Waals surface area contributed by atoms with Crippen LogP contribution >= 0.6 is 0 Å². The number of aromatic nitrogens is 2. The van der Waals surface area contributed by atoms with Crippen molar-refractivity contribution in [1.29, 1.82) is 0 Å². The molecule has 1 fully saturated rings. The predicted octanol–water partition coefficient (Wildman–Crippen LogP) is 1.61. The molecule has 0 unspecified atom stereocenters. The second-order valence-corrected chi connectivity index (χ2v) is 5.04. The first kappa shape index (κ1) is 13.1. The summed E-state index contributed by atoms with van der Waals surface area (Å²) >= 11 is 0. The lowest BCUT2D eigenvalue weighted by Gasteiger charge is -2.16. The number of nitrogens with two attached hydrogens (primary N) is 1. The highest BCUT2D eigenvalue weighted by atomic mass is 15.1. The van der Waals surface area contributed by atoms with Gasteiger partial charge in [-0.2, -0.15) is 0 Å². The maximum absolute atomic E-state index is 5.94. The van der Waals surface area contributed by atoms with Crippen LogP contribution in [-0.2, 0) is 0 Å². The van der Waals surface area contributed by atoms with Gasteiger partial charge in [0.2, 0.25) is 0 Å². The summed E-state index contributed by atoms with van der Waals surface area (Å²) in [5, 5.41) is 3.37. The van der Waals surface area contributed by atoms with Crippen molar-refractivity contribution >= 4 is 11.6 Å². The van der Waals surface area contributed by atoms with Crippen molar-refractivity contribution in [2.75, 3.05) is 37.7 Å². The van der Waals surface area contributed by atoms with E-state index in [0.29, 0.717) is 11.7 Å². The number of nitrogens with zero attached hydrogens (tertiary/aromatic N) is 3. The minimum Gasteiger partial charge on any atom is -0.383 e. The molecule has 0 bridgehead atoms. The van der Waals surface area contributed by atoms with Crippen LogP contribution in [0.25, 0.3) is 0 Å². The Kier molecular flexibility index (Phi) is 4.01. The number of nitrogens with one attached hydrogen (secondary N) is 1. The first-order valence-electron chi connectivity index (χ1n) is 6.68. The number of likely N-dealkylation sites (N-methyl/N-ethyl adjacent to an activating group) is 1. The summed E-state index contributed by atoms with van der Waals surface area (Å²) in [4.78, 5) is 11.2. The maximum Gasteiger partial charge on any atom is 0.136 e. The van der Waals surface area contributed by atoms with E-state index >= 15 is 0 Å². The lowest BCUT2D eigenvalue weighted by Crippen LogP contribution is -2.25. The minimum atomic E-state index is 0.534. The zero-order chi connectivity index (χ0) is 13.1. The zero-order valence-corrected chi connectivity index (χ0v) is 11.5. The Hall–Kier alpha value is -1.36. The third kappa shape index (κ3) is 3.10. The van der Waals surface area contributed by atoms with Gasteiger partial charge in [0.05, 0.1) is 0 Å². The lowest BCUT2D eigenvalue weighted by atomic mass is 10.3. The summed E-state index contributed by atoms with van der Waals surface area (Å²) in [6.45, 7) is 7.06. The molecule has 1 heterocycles. The van der Waals surface area contributed by atoms with Crippen molar-refractivity contribution in [3.05, 3.63) is 11.4 Å². The lowest BCUT2D eigenvalue weighted by molar-refractivity contribution is 0.367. The SMILES string of the molecule is CCN(C)CCNc1nc(C2CC2)nc(N)c1C. The number of rotatable bonds is 6. The molecule has 5 nitrogen and oxygen atoms in total. The van der Waals surface area contributed by atoms with Crippen LogP contribution in [0.5, 0.6) is 0 Å². The molecule has 1 aromatic rings. The first-order valence-corrected chi connectivity index (χ1v) is 6.68. The normalized spacial score (nSPS) is 15.1. The highest BCUT2D eigenvalue weighted by Crippen LogP contribution is 2.39. The highest BCUT2D eigenvalue weighted by molar-refractivity contribution is 5.55. The molecule has 1 aliphatic rings. The van der Waals surface area contributed by atoms with Gasteiger partial charge >= 0.3 is 0 Å². The molecule has 3 N–H and O–H groups in total. The molecular formula is C13H23N5. The third-order valence-corrected chi connectivity index (χ3v) is 3.47. The van der Waals surface area contributed by atoms with Crippen molar-refractivity contribution in [1.82, 2.24) is 14.9 Å². The molecule has 0 radical (unpaired) electrons. The fourth-order valence-corrected chi connectivity index (χ4v) is 1.77. The molecule has 5 heteroatoms. The Morgan fingerprint density at radius 3 is 2.72 bits per heavy atom. The number of hydrogen-bond acceptors (Lipinski definition) is 5. The molecule has 0 spiro atoms. The molecule has 0 aromatic carbocycles.